The molecule has 0 amide bonds. The number of aromatic nitrogens is 1. The van der Waals surface area contributed by atoms with Crippen LogP contribution in [0.25, 0.3) is 10.6 Å². The molecule has 1 heterocycles. The molecule has 1 aromatic carbocycles. The van der Waals surface area contributed by atoms with Crippen LogP contribution in [0.4, 0.5) is 4.39 Å². The first kappa shape index (κ1) is 8.66. The van der Waals surface area contributed by atoms with E-state index in [9.17, 15) is 4.39 Å². The summed E-state index contributed by atoms with van der Waals surface area (Å²) in [5.41, 5.74) is 0.849. The lowest BCUT2D eigenvalue weighted by atomic mass is 10.2. The van der Waals surface area contributed by atoms with E-state index in [1.54, 1.807) is 18.3 Å². The molecular weight excluding hydrogens is 209 g/mol. The van der Waals surface area contributed by atoms with Crippen LogP contribution >= 0.6 is 22.9 Å². The normalized spacial score (nSPS) is 10.3. The third-order valence-electron chi connectivity index (χ3n) is 1.60. The SMILES string of the molecule is Fc1ccc(-c2nccs2)cc1Cl. The number of rotatable bonds is 1. The Labute approximate surface area is 83.8 Å². The van der Waals surface area contributed by atoms with Crippen LogP contribution in [0.3, 0.4) is 0 Å². The van der Waals surface area contributed by atoms with Gasteiger partial charge in [-0.05, 0) is 18.2 Å². The molecule has 0 atom stereocenters. The summed E-state index contributed by atoms with van der Waals surface area (Å²) in [6.45, 7) is 0. The third kappa shape index (κ3) is 1.71. The van der Waals surface area contributed by atoms with E-state index in [1.807, 2.05) is 5.38 Å². The summed E-state index contributed by atoms with van der Waals surface area (Å²) in [6, 6.07) is 4.59. The molecule has 2 rings (SSSR count). The minimum absolute atomic E-state index is 0.132. The van der Waals surface area contributed by atoms with Crippen molar-refractivity contribution in [2.45, 2.75) is 0 Å². The van der Waals surface area contributed by atoms with Crippen LogP contribution < -0.4 is 0 Å². The van der Waals surface area contributed by atoms with Gasteiger partial charge in [-0.15, -0.1) is 11.3 Å². The topological polar surface area (TPSA) is 12.9 Å². The molecule has 0 bridgehead atoms. The molecule has 2 aromatic rings. The lowest BCUT2D eigenvalue weighted by Gasteiger charge is -1.97. The summed E-state index contributed by atoms with van der Waals surface area (Å²) in [5.74, 6) is -0.401. The van der Waals surface area contributed by atoms with Crippen LogP contribution in [-0.2, 0) is 0 Å². The van der Waals surface area contributed by atoms with E-state index in [4.69, 9.17) is 11.6 Å². The molecule has 0 saturated heterocycles. The fourth-order valence-corrected chi connectivity index (χ4v) is 1.81. The predicted molar refractivity (Wildman–Crippen MR) is 52.5 cm³/mol. The first-order valence-corrected chi connectivity index (χ1v) is 4.88. The maximum absolute atomic E-state index is 12.8. The lowest BCUT2D eigenvalue weighted by molar-refractivity contribution is 0.628. The molecule has 0 aliphatic carbocycles. The Morgan fingerprint density at radius 2 is 2.23 bits per heavy atom. The van der Waals surface area contributed by atoms with Gasteiger partial charge in [0.2, 0.25) is 0 Å². The van der Waals surface area contributed by atoms with E-state index >= 15 is 0 Å². The first-order chi connectivity index (χ1) is 6.27. The smallest absolute Gasteiger partial charge is 0.141 e. The molecule has 1 nitrogen and oxygen atoms in total. The van der Waals surface area contributed by atoms with Gasteiger partial charge in [-0.25, -0.2) is 9.37 Å². The number of thiazole rings is 1. The number of hydrogen-bond donors (Lipinski definition) is 0. The van der Waals surface area contributed by atoms with Gasteiger partial charge in [0.1, 0.15) is 10.8 Å². The first-order valence-electron chi connectivity index (χ1n) is 3.62. The van der Waals surface area contributed by atoms with Crippen LogP contribution in [0.1, 0.15) is 0 Å². The Morgan fingerprint density at radius 1 is 1.38 bits per heavy atom. The van der Waals surface area contributed by atoms with Crippen LogP contribution in [0.2, 0.25) is 5.02 Å². The predicted octanol–water partition coefficient (Wildman–Crippen LogP) is 3.60. The maximum atomic E-state index is 12.8. The second kappa shape index (κ2) is 3.44. The van der Waals surface area contributed by atoms with E-state index < -0.39 is 5.82 Å². The fourth-order valence-electron chi connectivity index (χ4n) is 0.995. The van der Waals surface area contributed by atoms with E-state index in [-0.39, 0.29) is 5.02 Å². The highest BCUT2D eigenvalue weighted by molar-refractivity contribution is 7.13. The van der Waals surface area contributed by atoms with Gasteiger partial charge in [0, 0.05) is 17.1 Å². The van der Waals surface area contributed by atoms with E-state index in [0.29, 0.717) is 0 Å². The molecule has 4 heteroatoms. The van der Waals surface area contributed by atoms with Crippen molar-refractivity contribution in [2.75, 3.05) is 0 Å². The minimum Gasteiger partial charge on any atom is -0.245 e. The molecule has 0 N–H and O–H groups in total. The van der Waals surface area contributed by atoms with Gasteiger partial charge >= 0.3 is 0 Å². The summed E-state index contributed by atoms with van der Waals surface area (Å²) < 4.78 is 12.8. The largest absolute Gasteiger partial charge is 0.245 e. The van der Waals surface area contributed by atoms with Crippen molar-refractivity contribution in [1.29, 1.82) is 0 Å². The van der Waals surface area contributed by atoms with Crippen LogP contribution in [-0.4, -0.2) is 4.98 Å². The van der Waals surface area contributed by atoms with Crippen molar-refractivity contribution in [2.24, 2.45) is 0 Å². The van der Waals surface area contributed by atoms with Crippen molar-refractivity contribution >= 4 is 22.9 Å². The van der Waals surface area contributed by atoms with E-state index in [0.717, 1.165) is 10.6 Å². The van der Waals surface area contributed by atoms with Gasteiger partial charge in [0.15, 0.2) is 0 Å². The zero-order chi connectivity index (χ0) is 9.26. The number of halogens is 2. The molecule has 0 aliphatic rings. The van der Waals surface area contributed by atoms with Crippen molar-refractivity contribution in [3.8, 4) is 10.6 Å². The zero-order valence-electron chi connectivity index (χ0n) is 6.50. The highest BCUT2D eigenvalue weighted by Gasteiger charge is 2.04. The summed E-state index contributed by atoms with van der Waals surface area (Å²) in [7, 11) is 0. The second-order valence-electron chi connectivity index (χ2n) is 2.47. The molecule has 0 saturated carbocycles. The molecule has 0 aliphatic heterocycles. The van der Waals surface area contributed by atoms with Gasteiger partial charge in [0.05, 0.1) is 5.02 Å². The summed E-state index contributed by atoms with van der Waals surface area (Å²) in [4.78, 5) is 4.09. The maximum Gasteiger partial charge on any atom is 0.141 e. The number of benzene rings is 1. The molecule has 66 valence electrons. The molecule has 0 unspecified atom stereocenters. The average molecular weight is 214 g/mol. The standard InChI is InChI=1S/C9H5ClFNS/c10-7-5-6(1-2-8(7)11)9-12-3-4-13-9/h1-5H. The van der Waals surface area contributed by atoms with Gasteiger partial charge in [-0.2, -0.15) is 0 Å². The van der Waals surface area contributed by atoms with E-state index in [1.165, 1.54) is 17.4 Å². The minimum atomic E-state index is -0.401. The number of nitrogens with zero attached hydrogens (tertiary/aromatic N) is 1. The zero-order valence-corrected chi connectivity index (χ0v) is 8.07. The highest BCUT2D eigenvalue weighted by Crippen LogP contribution is 2.25. The Morgan fingerprint density at radius 3 is 2.85 bits per heavy atom. The summed E-state index contributed by atoms with van der Waals surface area (Å²) >= 11 is 7.13. The van der Waals surface area contributed by atoms with Gasteiger partial charge in [0.25, 0.3) is 0 Å². The van der Waals surface area contributed by atoms with Gasteiger partial charge in [-0.1, -0.05) is 11.6 Å². The average Bonchev–Trinajstić information content (AvgIpc) is 2.62. The fraction of sp³-hybridized carbons (Fsp3) is 0. The van der Waals surface area contributed by atoms with Crippen molar-refractivity contribution in [1.82, 2.24) is 4.98 Å². The van der Waals surface area contributed by atoms with E-state index in [2.05, 4.69) is 4.98 Å². The molecule has 1 aromatic heterocycles. The third-order valence-corrected chi connectivity index (χ3v) is 2.71. The van der Waals surface area contributed by atoms with Gasteiger partial charge < -0.3 is 0 Å². The molecular formula is C9H5ClFNS. The lowest BCUT2D eigenvalue weighted by Crippen LogP contribution is -1.79. The second-order valence-corrected chi connectivity index (χ2v) is 3.77. The molecule has 0 radical (unpaired) electrons. The van der Waals surface area contributed by atoms with Crippen molar-refractivity contribution < 1.29 is 4.39 Å². The molecule has 13 heavy (non-hydrogen) atoms. The molecule has 0 fully saturated rings. The van der Waals surface area contributed by atoms with Crippen molar-refractivity contribution in [3.05, 3.63) is 40.6 Å². The number of hydrogen-bond acceptors (Lipinski definition) is 2. The quantitative estimate of drug-likeness (QED) is 0.705. The highest BCUT2D eigenvalue weighted by atomic mass is 35.5. The summed E-state index contributed by atoms with van der Waals surface area (Å²) in [5, 5.41) is 2.85. The van der Waals surface area contributed by atoms with Crippen molar-refractivity contribution in [3.63, 3.8) is 0 Å². The van der Waals surface area contributed by atoms with Gasteiger partial charge in [-0.3, -0.25) is 0 Å². The Balaban J connectivity index is 2.49. The molecule has 0 spiro atoms. The Hall–Kier alpha value is -0.930. The Kier molecular flexibility index (Phi) is 2.29. The van der Waals surface area contributed by atoms with Crippen LogP contribution in [0.15, 0.2) is 29.8 Å². The monoisotopic (exact) mass is 213 g/mol. The van der Waals surface area contributed by atoms with Crippen LogP contribution in [0.5, 0.6) is 0 Å². The van der Waals surface area contributed by atoms with Crippen LogP contribution in [0, 0.1) is 5.82 Å². The summed E-state index contributed by atoms with van der Waals surface area (Å²) in [6.07, 6.45) is 1.71. The Bertz CT molecular complexity index is 414.